The molecule has 0 aromatic carbocycles. The summed E-state index contributed by atoms with van der Waals surface area (Å²) < 4.78 is 0. The highest BCUT2D eigenvalue weighted by atomic mass is 15.3. The molecule has 5 nitrogen and oxygen atoms in total. The number of anilines is 1. The summed E-state index contributed by atoms with van der Waals surface area (Å²) >= 11 is 0. The predicted molar refractivity (Wildman–Crippen MR) is 69.4 cm³/mol. The van der Waals surface area contributed by atoms with E-state index in [-0.39, 0.29) is 0 Å². The molecule has 0 bridgehead atoms. The zero-order valence-corrected chi connectivity index (χ0v) is 10.6. The molecule has 1 saturated heterocycles. The van der Waals surface area contributed by atoms with Gasteiger partial charge in [0.25, 0.3) is 0 Å². The highest BCUT2D eigenvalue weighted by molar-refractivity contribution is 5.42. The number of nitrogens with zero attached hydrogens (tertiary/aromatic N) is 3. The van der Waals surface area contributed by atoms with Crippen LogP contribution >= 0.6 is 0 Å². The maximum atomic E-state index is 5.47. The maximum absolute atomic E-state index is 5.47. The van der Waals surface area contributed by atoms with Gasteiger partial charge in [-0.1, -0.05) is 6.07 Å². The number of aromatic nitrogens is 1. The molecule has 1 fully saturated rings. The monoisotopic (exact) mass is 235 g/mol. The van der Waals surface area contributed by atoms with Crippen LogP contribution in [-0.4, -0.2) is 47.5 Å². The number of pyridine rings is 1. The fourth-order valence-electron chi connectivity index (χ4n) is 2.33. The number of nitrogen functional groups attached to an aromatic ring is 1. The average molecular weight is 235 g/mol. The molecular formula is C12H21N5. The second-order valence-electron chi connectivity index (χ2n) is 4.74. The van der Waals surface area contributed by atoms with Crippen LogP contribution in [0.15, 0.2) is 18.3 Å². The molecule has 2 heterocycles. The van der Waals surface area contributed by atoms with E-state index in [1.807, 2.05) is 6.07 Å². The van der Waals surface area contributed by atoms with Crippen LogP contribution in [0.5, 0.6) is 0 Å². The maximum Gasteiger partial charge on any atom is 0.144 e. The van der Waals surface area contributed by atoms with Gasteiger partial charge in [-0.05, 0) is 20.0 Å². The molecule has 1 aromatic heterocycles. The molecule has 0 spiro atoms. The van der Waals surface area contributed by atoms with Crippen molar-refractivity contribution < 1.29 is 0 Å². The van der Waals surface area contributed by atoms with Gasteiger partial charge in [-0.3, -0.25) is 4.90 Å². The van der Waals surface area contributed by atoms with Crippen LogP contribution in [0, 0.1) is 0 Å². The molecule has 0 amide bonds. The van der Waals surface area contributed by atoms with Crippen molar-refractivity contribution in [3.05, 3.63) is 23.9 Å². The predicted octanol–water partition coefficient (Wildman–Crippen LogP) is 0.503. The number of nitrogens with one attached hydrogen (secondary N) is 1. The van der Waals surface area contributed by atoms with Gasteiger partial charge in [-0.25, -0.2) is 10.8 Å². The van der Waals surface area contributed by atoms with E-state index < -0.39 is 0 Å². The molecule has 0 aliphatic carbocycles. The first kappa shape index (κ1) is 12.3. The number of hydrogen-bond acceptors (Lipinski definition) is 5. The standard InChI is InChI=1S/C12H21N5/c1-10-8-16(2)6-7-17(10)9-11-4-3-5-14-12(11)15-13/h3-5,10H,6-9,13H2,1-2H3,(H,14,15). The second-order valence-corrected chi connectivity index (χ2v) is 4.74. The molecule has 94 valence electrons. The van der Waals surface area contributed by atoms with Crippen LogP contribution in [0.3, 0.4) is 0 Å². The summed E-state index contributed by atoms with van der Waals surface area (Å²) in [7, 11) is 2.17. The van der Waals surface area contributed by atoms with Crippen LogP contribution in [-0.2, 0) is 6.54 Å². The Balaban J connectivity index is 2.05. The Bertz CT molecular complexity index is 368. The lowest BCUT2D eigenvalue weighted by molar-refractivity contribution is 0.0939. The number of likely N-dealkylation sites (N-methyl/N-ethyl adjacent to an activating group) is 1. The van der Waals surface area contributed by atoms with Crippen molar-refractivity contribution in [1.29, 1.82) is 0 Å². The van der Waals surface area contributed by atoms with Crippen molar-refractivity contribution in [2.45, 2.75) is 19.5 Å². The van der Waals surface area contributed by atoms with Crippen LogP contribution < -0.4 is 11.3 Å². The Labute approximate surface area is 103 Å². The Morgan fingerprint density at radius 3 is 3.06 bits per heavy atom. The summed E-state index contributed by atoms with van der Waals surface area (Å²) in [5.74, 6) is 6.25. The summed E-state index contributed by atoms with van der Waals surface area (Å²) in [5, 5.41) is 0. The highest BCUT2D eigenvalue weighted by Crippen LogP contribution is 2.17. The third-order valence-electron chi connectivity index (χ3n) is 3.37. The van der Waals surface area contributed by atoms with E-state index in [1.54, 1.807) is 6.20 Å². The van der Waals surface area contributed by atoms with E-state index in [4.69, 9.17) is 5.84 Å². The van der Waals surface area contributed by atoms with Gasteiger partial charge in [-0.15, -0.1) is 0 Å². The Morgan fingerprint density at radius 1 is 1.53 bits per heavy atom. The number of hydrazine groups is 1. The normalized spacial score (nSPS) is 22.6. The lowest BCUT2D eigenvalue weighted by Gasteiger charge is -2.38. The molecular weight excluding hydrogens is 214 g/mol. The smallest absolute Gasteiger partial charge is 0.144 e. The topological polar surface area (TPSA) is 57.4 Å². The molecule has 1 aliphatic heterocycles. The number of piperazine rings is 1. The Kier molecular flexibility index (Phi) is 3.93. The van der Waals surface area contributed by atoms with Gasteiger partial charge in [0.1, 0.15) is 5.82 Å². The van der Waals surface area contributed by atoms with Gasteiger partial charge < -0.3 is 10.3 Å². The third kappa shape index (κ3) is 2.94. The van der Waals surface area contributed by atoms with Crippen LogP contribution in [0.25, 0.3) is 0 Å². The van der Waals surface area contributed by atoms with E-state index >= 15 is 0 Å². The largest absolute Gasteiger partial charge is 0.308 e. The van der Waals surface area contributed by atoms with Crippen LogP contribution in [0.4, 0.5) is 5.82 Å². The van der Waals surface area contributed by atoms with E-state index in [0.29, 0.717) is 6.04 Å². The number of rotatable bonds is 3. The van der Waals surface area contributed by atoms with Crippen LogP contribution in [0.2, 0.25) is 0 Å². The first-order valence-electron chi connectivity index (χ1n) is 6.04. The minimum atomic E-state index is 0.569. The lowest BCUT2D eigenvalue weighted by Crippen LogP contribution is -2.49. The molecule has 1 atom stereocenters. The number of hydrogen-bond donors (Lipinski definition) is 2. The van der Waals surface area contributed by atoms with E-state index in [9.17, 15) is 0 Å². The molecule has 0 saturated carbocycles. The second kappa shape index (κ2) is 5.44. The van der Waals surface area contributed by atoms with Crippen molar-refractivity contribution in [3.63, 3.8) is 0 Å². The highest BCUT2D eigenvalue weighted by Gasteiger charge is 2.22. The summed E-state index contributed by atoms with van der Waals surface area (Å²) in [5.41, 5.74) is 3.82. The first-order chi connectivity index (χ1) is 8.20. The Hall–Kier alpha value is -1.17. The molecule has 2 rings (SSSR count). The van der Waals surface area contributed by atoms with Crippen molar-refractivity contribution in [2.75, 3.05) is 32.1 Å². The molecule has 1 unspecified atom stereocenters. The van der Waals surface area contributed by atoms with Gasteiger partial charge in [0.15, 0.2) is 0 Å². The molecule has 1 aliphatic rings. The average Bonchev–Trinajstić information content (AvgIpc) is 2.33. The van der Waals surface area contributed by atoms with Gasteiger partial charge in [0.2, 0.25) is 0 Å². The minimum absolute atomic E-state index is 0.569. The quantitative estimate of drug-likeness (QED) is 0.590. The third-order valence-corrected chi connectivity index (χ3v) is 3.37. The Morgan fingerprint density at radius 2 is 2.35 bits per heavy atom. The lowest BCUT2D eigenvalue weighted by atomic mass is 10.1. The number of nitrogens with two attached hydrogens (primary N) is 1. The zero-order valence-electron chi connectivity index (χ0n) is 10.6. The molecule has 0 radical (unpaired) electrons. The van der Waals surface area contributed by atoms with Gasteiger partial charge >= 0.3 is 0 Å². The van der Waals surface area contributed by atoms with Gasteiger partial charge in [0.05, 0.1) is 0 Å². The molecule has 17 heavy (non-hydrogen) atoms. The van der Waals surface area contributed by atoms with Crippen molar-refractivity contribution in [3.8, 4) is 0 Å². The van der Waals surface area contributed by atoms with Crippen molar-refractivity contribution in [1.82, 2.24) is 14.8 Å². The molecule has 1 aromatic rings. The molecule has 5 heteroatoms. The van der Waals surface area contributed by atoms with Gasteiger partial charge in [-0.2, -0.15) is 0 Å². The van der Waals surface area contributed by atoms with Crippen molar-refractivity contribution in [2.24, 2.45) is 5.84 Å². The van der Waals surface area contributed by atoms with Crippen molar-refractivity contribution >= 4 is 5.82 Å². The fraction of sp³-hybridized carbons (Fsp3) is 0.583. The first-order valence-corrected chi connectivity index (χ1v) is 6.04. The summed E-state index contributed by atoms with van der Waals surface area (Å²) in [6, 6.07) is 4.60. The van der Waals surface area contributed by atoms with E-state index in [1.165, 1.54) is 0 Å². The fourth-order valence-corrected chi connectivity index (χ4v) is 2.33. The molecule has 3 N–H and O–H groups in total. The zero-order chi connectivity index (χ0) is 12.3. The minimum Gasteiger partial charge on any atom is -0.308 e. The SMILES string of the molecule is CC1CN(C)CCN1Cc1cccnc1NN. The summed E-state index contributed by atoms with van der Waals surface area (Å²) in [4.78, 5) is 9.07. The van der Waals surface area contributed by atoms with Gasteiger partial charge in [0, 0.05) is 44.0 Å². The summed E-state index contributed by atoms with van der Waals surface area (Å²) in [6.45, 7) is 6.50. The van der Waals surface area contributed by atoms with E-state index in [2.05, 4.69) is 40.2 Å². The summed E-state index contributed by atoms with van der Waals surface area (Å²) in [6.07, 6.45) is 1.76. The van der Waals surface area contributed by atoms with E-state index in [0.717, 1.165) is 37.6 Å². The van der Waals surface area contributed by atoms with Crippen LogP contribution in [0.1, 0.15) is 12.5 Å².